The molecular formula is C16H18N2OS. The van der Waals surface area contributed by atoms with Gasteiger partial charge in [0.05, 0.1) is 10.9 Å². The third-order valence-corrected chi connectivity index (χ3v) is 3.69. The molecule has 1 amide bonds. The van der Waals surface area contributed by atoms with E-state index >= 15 is 0 Å². The van der Waals surface area contributed by atoms with Crippen molar-refractivity contribution >= 4 is 33.9 Å². The number of carbonyl (C=O) groups is 1. The van der Waals surface area contributed by atoms with Gasteiger partial charge in [-0.2, -0.15) is 0 Å². The van der Waals surface area contributed by atoms with Crippen molar-refractivity contribution in [3.8, 4) is 0 Å². The summed E-state index contributed by atoms with van der Waals surface area (Å²) in [6.07, 6.45) is 0.622. The highest BCUT2D eigenvalue weighted by Gasteiger charge is 2.18. The quantitative estimate of drug-likeness (QED) is 0.831. The molecule has 0 bridgehead atoms. The smallest absolute Gasteiger partial charge is 0.230 e. The fraction of sp³-hybridized carbons (Fsp3) is 0.250. The summed E-state index contributed by atoms with van der Waals surface area (Å²) in [6, 6.07) is 14.2. The number of nitrogens with one attached hydrogen (secondary N) is 1. The van der Waals surface area contributed by atoms with Crippen LogP contribution in [0.3, 0.4) is 0 Å². The van der Waals surface area contributed by atoms with Gasteiger partial charge in [0.15, 0.2) is 0 Å². The maximum absolute atomic E-state index is 12.0. The number of rotatable bonds is 5. The second-order valence-electron chi connectivity index (χ2n) is 4.72. The summed E-state index contributed by atoms with van der Waals surface area (Å²) in [6.45, 7) is 2.39. The van der Waals surface area contributed by atoms with Crippen molar-refractivity contribution in [1.82, 2.24) is 5.32 Å². The SMILES string of the molecule is CCC(C(=O)NCc1cccc2ccccc12)C(N)=S. The number of nitrogens with two attached hydrogens (primary N) is 1. The van der Waals surface area contributed by atoms with E-state index in [1.165, 1.54) is 5.39 Å². The van der Waals surface area contributed by atoms with Crippen LogP contribution in [0.25, 0.3) is 10.8 Å². The molecule has 4 heteroatoms. The fourth-order valence-electron chi connectivity index (χ4n) is 2.27. The van der Waals surface area contributed by atoms with Crippen molar-refractivity contribution in [2.75, 3.05) is 0 Å². The third kappa shape index (κ3) is 3.14. The molecule has 0 radical (unpaired) electrons. The van der Waals surface area contributed by atoms with Crippen LogP contribution < -0.4 is 11.1 Å². The van der Waals surface area contributed by atoms with Gasteiger partial charge in [-0.25, -0.2) is 0 Å². The van der Waals surface area contributed by atoms with E-state index < -0.39 is 0 Å². The number of thiocarbonyl (C=S) groups is 1. The molecule has 3 nitrogen and oxygen atoms in total. The van der Waals surface area contributed by atoms with E-state index in [1.54, 1.807) is 0 Å². The summed E-state index contributed by atoms with van der Waals surface area (Å²) in [4.78, 5) is 12.3. The molecule has 104 valence electrons. The highest BCUT2D eigenvalue weighted by Crippen LogP contribution is 2.18. The zero-order valence-electron chi connectivity index (χ0n) is 11.4. The summed E-state index contributed by atoms with van der Waals surface area (Å²) in [5.74, 6) is -0.493. The van der Waals surface area contributed by atoms with E-state index in [9.17, 15) is 4.79 Å². The Morgan fingerprint density at radius 1 is 1.25 bits per heavy atom. The van der Waals surface area contributed by atoms with Gasteiger partial charge in [-0.3, -0.25) is 4.79 Å². The standard InChI is InChI=1S/C16H18N2OS/c1-2-13(15(17)20)16(19)18-10-12-8-5-7-11-6-3-4-9-14(11)12/h3-9,13H,2,10H2,1H3,(H2,17,20)(H,18,19). The number of hydrogen-bond donors (Lipinski definition) is 2. The summed E-state index contributed by atoms with van der Waals surface area (Å²) in [5, 5.41) is 5.24. The molecule has 0 aliphatic carbocycles. The summed E-state index contributed by atoms with van der Waals surface area (Å²) >= 11 is 4.92. The van der Waals surface area contributed by atoms with E-state index in [1.807, 2.05) is 31.2 Å². The number of fused-ring (bicyclic) bond motifs is 1. The molecule has 0 spiro atoms. The molecule has 0 saturated heterocycles. The first kappa shape index (κ1) is 14.5. The Balaban J connectivity index is 2.13. The molecule has 1 atom stereocenters. The van der Waals surface area contributed by atoms with Gasteiger partial charge >= 0.3 is 0 Å². The van der Waals surface area contributed by atoms with E-state index in [4.69, 9.17) is 18.0 Å². The van der Waals surface area contributed by atoms with E-state index in [-0.39, 0.29) is 16.8 Å². The number of benzene rings is 2. The summed E-state index contributed by atoms with van der Waals surface area (Å²) < 4.78 is 0. The van der Waals surface area contributed by atoms with Crippen LogP contribution in [0.15, 0.2) is 42.5 Å². The lowest BCUT2D eigenvalue weighted by Crippen LogP contribution is -2.37. The van der Waals surface area contributed by atoms with E-state index in [0.29, 0.717) is 13.0 Å². The molecule has 1 unspecified atom stereocenters. The number of hydrogen-bond acceptors (Lipinski definition) is 2. The Morgan fingerprint density at radius 3 is 2.65 bits per heavy atom. The Morgan fingerprint density at radius 2 is 1.95 bits per heavy atom. The van der Waals surface area contributed by atoms with Crippen molar-refractivity contribution < 1.29 is 4.79 Å². The maximum atomic E-state index is 12.0. The Kier molecular flexibility index (Phi) is 4.69. The molecule has 0 aromatic heterocycles. The number of carbonyl (C=O) groups excluding carboxylic acids is 1. The lowest BCUT2D eigenvalue weighted by molar-refractivity contribution is -0.123. The van der Waals surface area contributed by atoms with Crippen LogP contribution in [0.1, 0.15) is 18.9 Å². The maximum Gasteiger partial charge on any atom is 0.230 e. The predicted octanol–water partition coefficient (Wildman–Crippen LogP) is 2.77. The first-order valence-corrected chi connectivity index (χ1v) is 7.08. The second-order valence-corrected chi connectivity index (χ2v) is 5.19. The van der Waals surface area contributed by atoms with Gasteiger partial charge in [-0.15, -0.1) is 0 Å². The lowest BCUT2D eigenvalue weighted by Gasteiger charge is -2.14. The fourth-order valence-corrected chi connectivity index (χ4v) is 2.54. The highest BCUT2D eigenvalue weighted by molar-refractivity contribution is 7.80. The molecule has 0 fully saturated rings. The molecule has 3 N–H and O–H groups in total. The summed E-state index contributed by atoms with van der Waals surface area (Å²) in [7, 11) is 0. The first-order chi connectivity index (χ1) is 9.63. The average Bonchev–Trinajstić information content (AvgIpc) is 2.45. The van der Waals surface area contributed by atoms with Crippen molar-refractivity contribution in [3.05, 3.63) is 48.0 Å². The Bertz CT molecular complexity index is 634. The lowest BCUT2D eigenvalue weighted by atomic mass is 10.0. The van der Waals surface area contributed by atoms with E-state index in [2.05, 4.69) is 23.5 Å². The van der Waals surface area contributed by atoms with Gasteiger partial charge in [0, 0.05) is 6.54 Å². The van der Waals surface area contributed by atoms with Crippen LogP contribution in [0.2, 0.25) is 0 Å². The molecule has 20 heavy (non-hydrogen) atoms. The van der Waals surface area contributed by atoms with E-state index in [0.717, 1.165) is 10.9 Å². The van der Waals surface area contributed by atoms with Crippen LogP contribution in [0.5, 0.6) is 0 Å². The zero-order valence-corrected chi connectivity index (χ0v) is 12.2. The third-order valence-electron chi connectivity index (χ3n) is 3.40. The second kappa shape index (κ2) is 6.48. The van der Waals surface area contributed by atoms with Crippen molar-refractivity contribution in [2.45, 2.75) is 19.9 Å². The predicted molar refractivity (Wildman–Crippen MR) is 86.4 cm³/mol. The minimum absolute atomic E-state index is 0.104. The van der Waals surface area contributed by atoms with Gasteiger partial charge in [0.2, 0.25) is 5.91 Å². The average molecular weight is 286 g/mol. The molecule has 2 aromatic carbocycles. The minimum atomic E-state index is -0.389. The topological polar surface area (TPSA) is 55.1 Å². The van der Waals surface area contributed by atoms with Crippen LogP contribution in [-0.2, 0) is 11.3 Å². The van der Waals surface area contributed by atoms with Crippen molar-refractivity contribution in [1.29, 1.82) is 0 Å². The van der Waals surface area contributed by atoms with Crippen molar-refractivity contribution in [2.24, 2.45) is 11.7 Å². The first-order valence-electron chi connectivity index (χ1n) is 6.67. The molecular weight excluding hydrogens is 268 g/mol. The molecule has 2 aromatic rings. The Hall–Kier alpha value is -1.94. The largest absolute Gasteiger partial charge is 0.393 e. The molecule has 0 aliphatic rings. The van der Waals surface area contributed by atoms with Crippen LogP contribution in [-0.4, -0.2) is 10.9 Å². The van der Waals surface area contributed by atoms with Gasteiger partial charge in [-0.05, 0) is 22.8 Å². The highest BCUT2D eigenvalue weighted by atomic mass is 32.1. The molecule has 0 saturated carbocycles. The summed E-state index contributed by atoms with van der Waals surface area (Å²) in [5.41, 5.74) is 6.67. The van der Waals surface area contributed by atoms with Crippen molar-refractivity contribution in [3.63, 3.8) is 0 Å². The van der Waals surface area contributed by atoms with Gasteiger partial charge in [-0.1, -0.05) is 61.6 Å². The normalized spacial score (nSPS) is 12.1. The van der Waals surface area contributed by atoms with Crippen LogP contribution >= 0.6 is 12.2 Å². The number of amides is 1. The Labute approximate surface area is 124 Å². The van der Waals surface area contributed by atoms with Gasteiger partial charge < -0.3 is 11.1 Å². The monoisotopic (exact) mass is 286 g/mol. The molecule has 2 rings (SSSR count). The molecule has 0 heterocycles. The van der Waals surface area contributed by atoms with Crippen LogP contribution in [0, 0.1) is 5.92 Å². The zero-order chi connectivity index (χ0) is 14.5. The van der Waals surface area contributed by atoms with Gasteiger partial charge in [0.1, 0.15) is 0 Å². The van der Waals surface area contributed by atoms with Crippen LogP contribution in [0.4, 0.5) is 0 Å². The van der Waals surface area contributed by atoms with Gasteiger partial charge in [0.25, 0.3) is 0 Å². The molecule has 0 aliphatic heterocycles. The minimum Gasteiger partial charge on any atom is -0.393 e.